The van der Waals surface area contributed by atoms with Gasteiger partial charge < -0.3 is 0 Å². The molecule has 2 bridgehead atoms. The van der Waals surface area contributed by atoms with Gasteiger partial charge in [0.25, 0.3) is 0 Å². The lowest BCUT2D eigenvalue weighted by atomic mass is 9.84. The first kappa shape index (κ1) is 11.0. The molecule has 1 aromatic heterocycles. The molecular formula is C13H19N3O. The molecule has 0 spiro atoms. The Morgan fingerprint density at radius 2 is 2.00 bits per heavy atom. The van der Waals surface area contributed by atoms with Crippen LogP contribution in [0.4, 0.5) is 0 Å². The number of nitrogens with zero attached hydrogens (tertiary/aromatic N) is 3. The van der Waals surface area contributed by atoms with Gasteiger partial charge in [-0.1, -0.05) is 6.42 Å². The van der Waals surface area contributed by atoms with Crippen LogP contribution in [-0.2, 0) is 11.3 Å². The molecular weight excluding hydrogens is 214 g/mol. The van der Waals surface area contributed by atoms with Gasteiger partial charge in [0, 0.05) is 43.9 Å². The molecule has 0 amide bonds. The first-order chi connectivity index (χ1) is 8.33. The summed E-state index contributed by atoms with van der Waals surface area (Å²) in [5.41, 5.74) is 0. The lowest BCUT2D eigenvalue weighted by Crippen LogP contribution is -2.53. The Balaban J connectivity index is 1.64. The fourth-order valence-corrected chi connectivity index (χ4v) is 3.28. The quantitative estimate of drug-likeness (QED) is 0.793. The maximum Gasteiger partial charge on any atom is 0.136 e. The summed E-state index contributed by atoms with van der Waals surface area (Å²) in [6, 6.07) is 2.97. The molecule has 2 atom stereocenters. The van der Waals surface area contributed by atoms with Gasteiger partial charge in [-0.15, -0.1) is 0 Å². The number of hydrogen-bond donors (Lipinski definition) is 0. The van der Waals surface area contributed by atoms with Crippen molar-refractivity contribution in [2.75, 3.05) is 6.54 Å². The fraction of sp³-hybridized carbons (Fsp3) is 0.692. The molecule has 2 aliphatic rings. The Kier molecular flexibility index (Phi) is 2.97. The van der Waals surface area contributed by atoms with E-state index in [9.17, 15) is 4.79 Å². The maximum absolute atomic E-state index is 11.6. The number of ketones is 1. The molecule has 0 saturated carbocycles. The number of fused-ring (bicyclic) bond motifs is 2. The summed E-state index contributed by atoms with van der Waals surface area (Å²) in [6.45, 7) is 1.97. The average Bonchev–Trinajstić information content (AvgIpc) is 2.79. The first-order valence-corrected chi connectivity index (χ1v) is 6.58. The zero-order valence-electron chi connectivity index (χ0n) is 10.1. The van der Waals surface area contributed by atoms with Gasteiger partial charge in [0.2, 0.25) is 0 Å². The van der Waals surface area contributed by atoms with Crippen molar-refractivity contribution in [1.29, 1.82) is 0 Å². The Morgan fingerprint density at radius 3 is 2.65 bits per heavy atom. The van der Waals surface area contributed by atoms with E-state index in [-0.39, 0.29) is 0 Å². The number of rotatable bonds is 3. The van der Waals surface area contributed by atoms with Crippen molar-refractivity contribution in [3.05, 3.63) is 18.5 Å². The highest BCUT2D eigenvalue weighted by Crippen LogP contribution is 2.31. The van der Waals surface area contributed by atoms with E-state index >= 15 is 0 Å². The number of hydrogen-bond acceptors (Lipinski definition) is 3. The molecule has 0 aliphatic carbocycles. The van der Waals surface area contributed by atoms with Crippen molar-refractivity contribution in [2.24, 2.45) is 0 Å². The molecule has 1 aromatic rings. The lowest BCUT2D eigenvalue weighted by molar-refractivity contribution is -0.127. The van der Waals surface area contributed by atoms with Gasteiger partial charge >= 0.3 is 0 Å². The molecule has 4 heteroatoms. The molecule has 0 N–H and O–H groups in total. The molecule has 2 aliphatic heterocycles. The van der Waals surface area contributed by atoms with Crippen molar-refractivity contribution >= 4 is 5.78 Å². The van der Waals surface area contributed by atoms with Crippen molar-refractivity contribution in [1.82, 2.24) is 14.7 Å². The van der Waals surface area contributed by atoms with E-state index in [1.54, 1.807) is 0 Å². The van der Waals surface area contributed by atoms with Crippen LogP contribution in [0.15, 0.2) is 18.5 Å². The van der Waals surface area contributed by atoms with E-state index in [1.165, 1.54) is 19.3 Å². The molecule has 4 nitrogen and oxygen atoms in total. The van der Waals surface area contributed by atoms with E-state index in [0.717, 1.165) is 25.9 Å². The summed E-state index contributed by atoms with van der Waals surface area (Å²) in [4.78, 5) is 14.2. The van der Waals surface area contributed by atoms with E-state index in [4.69, 9.17) is 0 Å². The van der Waals surface area contributed by atoms with Gasteiger partial charge in [0.05, 0.1) is 6.54 Å². The number of carbonyl (C=O) groups is 1. The second-order valence-electron chi connectivity index (χ2n) is 5.19. The molecule has 2 saturated heterocycles. The topological polar surface area (TPSA) is 38.1 Å². The molecule has 0 aromatic carbocycles. The monoisotopic (exact) mass is 233 g/mol. The van der Waals surface area contributed by atoms with Crippen LogP contribution in [0.2, 0.25) is 0 Å². The van der Waals surface area contributed by atoms with Gasteiger partial charge in [-0.3, -0.25) is 14.4 Å². The van der Waals surface area contributed by atoms with Crippen LogP contribution in [0.3, 0.4) is 0 Å². The second kappa shape index (κ2) is 4.61. The van der Waals surface area contributed by atoms with Crippen LogP contribution >= 0.6 is 0 Å². The zero-order valence-corrected chi connectivity index (χ0v) is 10.1. The Labute approximate surface area is 102 Å². The third kappa shape index (κ3) is 2.27. The van der Waals surface area contributed by atoms with Gasteiger partial charge in [0.15, 0.2) is 0 Å². The highest BCUT2D eigenvalue weighted by Gasteiger charge is 2.36. The highest BCUT2D eigenvalue weighted by atomic mass is 16.1. The summed E-state index contributed by atoms with van der Waals surface area (Å²) in [5, 5.41) is 4.23. The third-order valence-corrected chi connectivity index (χ3v) is 4.09. The minimum Gasteiger partial charge on any atom is -0.300 e. The molecule has 2 fully saturated rings. The summed E-state index contributed by atoms with van der Waals surface area (Å²) in [5.74, 6) is 0.468. The lowest BCUT2D eigenvalue weighted by Gasteiger charge is -2.45. The van der Waals surface area contributed by atoms with Crippen LogP contribution in [0.25, 0.3) is 0 Å². The molecule has 92 valence electrons. The number of aromatic nitrogens is 2. The standard InChI is InChI=1S/C13H19N3O/c17-13-9-11-3-1-4-12(10-13)16(11)8-7-15-6-2-5-14-15/h2,5-6,11-12H,1,3-4,7-10H2. The first-order valence-electron chi connectivity index (χ1n) is 6.58. The molecule has 3 rings (SSSR count). The van der Waals surface area contributed by atoms with E-state index in [0.29, 0.717) is 17.9 Å². The van der Waals surface area contributed by atoms with Crippen LogP contribution < -0.4 is 0 Å². The number of carbonyl (C=O) groups excluding carboxylic acids is 1. The molecule has 17 heavy (non-hydrogen) atoms. The smallest absolute Gasteiger partial charge is 0.136 e. The third-order valence-electron chi connectivity index (χ3n) is 4.09. The summed E-state index contributed by atoms with van der Waals surface area (Å²) < 4.78 is 1.98. The van der Waals surface area contributed by atoms with Crippen LogP contribution in [-0.4, -0.2) is 39.1 Å². The Hall–Kier alpha value is -1.16. The minimum absolute atomic E-state index is 0.468. The summed E-state index contributed by atoms with van der Waals surface area (Å²) in [7, 11) is 0. The largest absolute Gasteiger partial charge is 0.300 e. The SMILES string of the molecule is O=C1CC2CCCC(C1)N2CCn1cccn1. The van der Waals surface area contributed by atoms with E-state index in [1.807, 2.05) is 23.1 Å². The molecule has 0 radical (unpaired) electrons. The maximum atomic E-state index is 11.6. The summed E-state index contributed by atoms with van der Waals surface area (Å²) >= 11 is 0. The van der Waals surface area contributed by atoms with Gasteiger partial charge in [0.1, 0.15) is 5.78 Å². The Morgan fingerprint density at radius 1 is 1.24 bits per heavy atom. The van der Waals surface area contributed by atoms with Gasteiger partial charge in [-0.2, -0.15) is 5.10 Å². The molecule has 2 unspecified atom stereocenters. The van der Waals surface area contributed by atoms with Crippen LogP contribution in [0.5, 0.6) is 0 Å². The van der Waals surface area contributed by atoms with Crippen molar-refractivity contribution < 1.29 is 4.79 Å². The number of piperidine rings is 2. The predicted molar refractivity (Wildman–Crippen MR) is 64.6 cm³/mol. The normalized spacial score (nSPS) is 29.5. The average molecular weight is 233 g/mol. The minimum atomic E-state index is 0.468. The van der Waals surface area contributed by atoms with Crippen molar-refractivity contribution in [3.8, 4) is 0 Å². The second-order valence-corrected chi connectivity index (χ2v) is 5.19. The van der Waals surface area contributed by atoms with Gasteiger partial charge in [-0.25, -0.2) is 0 Å². The fourth-order valence-electron chi connectivity index (χ4n) is 3.28. The van der Waals surface area contributed by atoms with Crippen molar-refractivity contribution in [2.45, 2.75) is 50.7 Å². The Bertz CT molecular complexity index is 371. The summed E-state index contributed by atoms with van der Waals surface area (Å²) in [6.07, 6.45) is 9.06. The van der Waals surface area contributed by atoms with Gasteiger partial charge in [-0.05, 0) is 18.9 Å². The molecule has 3 heterocycles. The van der Waals surface area contributed by atoms with E-state index < -0.39 is 0 Å². The van der Waals surface area contributed by atoms with E-state index in [2.05, 4.69) is 10.00 Å². The zero-order chi connectivity index (χ0) is 11.7. The van der Waals surface area contributed by atoms with Crippen LogP contribution in [0.1, 0.15) is 32.1 Å². The highest BCUT2D eigenvalue weighted by molar-refractivity contribution is 5.80. The number of Topliss-reactive ketones (excluding diaryl/α,β-unsaturated/α-hetero) is 1. The van der Waals surface area contributed by atoms with Crippen LogP contribution in [0, 0.1) is 0 Å². The predicted octanol–water partition coefficient (Wildman–Crippen LogP) is 1.47. The van der Waals surface area contributed by atoms with Crippen molar-refractivity contribution in [3.63, 3.8) is 0 Å².